The van der Waals surface area contributed by atoms with Crippen molar-refractivity contribution < 1.29 is 9.53 Å². The van der Waals surface area contributed by atoms with Gasteiger partial charge in [-0.1, -0.05) is 23.7 Å². The fraction of sp³-hybridized carbons (Fsp3) is 0.294. The number of fused-ring (bicyclic) bond motifs is 1. The first-order valence-electron chi connectivity index (χ1n) is 7.18. The lowest BCUT2D eigenvalue weighted by Gasteiger charge is -2.12. The molecule has 1 aliphatic rings. The second-order valence-corrected chi connectivity index (χ2v) is 5.82. The number of carbonyl (C=O) groups is 1. The number of aromatic nitrogens is 1. The van der Waals surface area contributed by atoms with E-state index in [0.29, 0.717) is 29.1 Å². The molecule has 0 saturated heterocycles. The van der Waals surface area contributed by atoms with Gasteiger partial charge >= 0.3 is 5.97 Å². The molecule has 114 valence electrons. The Morgan fingerprint density at radius 3 is 2.73 bits per heavy atom. The van der Waals surface area contributed by atoms with Crippen molar-refractivity contribution in [1.82, 2.24) is 4.57 Å². The standard InChI is InChI=1S/C17H16ClNO3/c1-22-17(21)14-10-12(9-11-4-6-13(18)7-5-11)16(20)19-8-2-3-15(14)19/h4-7,10H,2-3,8-9H2,1H3. The van der Waals surface area contributed by atoms with Crippen LogP contribution in [-0.4, -0.2) is 17.6 Å². The molecule has 5 heteroatoms. The SMILES string of the molecule is COC(=O)c1cc(Cc2ccc(Cl)cc2)c(=O)n2c1CCC2. The highest BCUT2D eigenvalue weighted by Gasteiger charge is 2.23. The van der Waals surface area contributed by atoms with Crippen molar-refractivity contribution in [2.75, 3.05) is 7.11 Å². The molecular weight excluding hydrogens is 302 g/mol. The zero-order chi connectivity index (χ0) is 15.7. The highest BCUT2D eigenvalue weighted by molar-refractivity contribution is 6.30. The van der Waals surface area contributed by atoms with Crippen molar-refractivity contribution in [1.29, 1.82) is 0 Å². The molecular formula is C17H16ClNO3. The highest BCUT2D eigenvalue weighted by Crippen LogP contribution is 2.20. The smallest absolute Gasteiger partial charge is 0.339 e. The summed E-state index contributed by atoms with van der Waals surface area (Å²) in [4.78, 5) is 24.6. The topological polar surface area (TPSA) is 48.3 Å². The molecule has 1 aromatic carbocycles. The molecule has 4 nitrogen and oxygen atoms in total. The van der Waals surface area contributed by atoms with Crippen molar-refractivity contribution in [3.05, 3.63) is 68.1 Å². The van der Waals surface area contributed by atoms with Gasteiger partial charge in [-0.15, -0.1) is 0 Å². The number of methoxy groups -OCH3 is 1. The fourth-order valence-electron chi connectivity index (χ4n) is 2.91. The van der Waals surface area contributed by atoms with E-state index in [1.807, 2.05) is 12.1 Å². The van der Waals surface area contributed by atoms with Crippen LogP contribution in [0.1, 0.15) is 33.6 Å². The molecule has 0 amide bonds. The fourth-order valence-corrected chi connectivity index (χ4v) is 3.03. The van der Waals surface area contributed by atoms with Crippen LogP contribution in [0, 0.1) is 0 Å². The minimum Gasteiger partial charge on any atom is -0.465 e. The Hall–Kier alpha value is -2.07. The molecule has 2 aromatic rings. The number of hydrogen-bond acceptors (Lipinski definition) is 3. The number of esters is 1. The van der Waals surface area contributed by atoms with E-state index < -0.39 is 0 Å². The molecule has 1 aromatic heterocycles. The van der Waals surface area contributed by atoms with Crippen LogP contribution < -0.4 is 5.56 Å². The highest BCUT2D eigenvalue weighted by atomic mass is 35.5. The Morgan fingerprint density at radius 1 is 1.32 bits per heavy atom. The number of halogens is 1. The second kappa shape index (κ2) is 5.97. The Labute approximate surface area is 133 Å². The Morgan fingerprint density at radius 2 is 2.05 bits per heavy atom. The summed E-state index contributed by atoms with van der Waals surface area (Å²) in [5, 5.41) is 0.657. The lowest BCUT2D eigenvalue weighted by atomic mass is 10.0. The summed E-state index contributed by atoms with van der Waals surface area (Å²) in [5.41, 5.74) is 2.86. The molecule has 0 atom stereocenters. The molecule has 0 spiro atoms. The first-order chi connectivity index (χ1) is 10.6. The number of hydrogen-bond donors (Lipinski definition) is 0. The van der Waals surface area contributed by atoms with Crippen LogP contribution in [0.25, 0.3) is 0 Å². The molecule has 0 N–H and O–H groups in total. The summed E-state index contributed by atoms with van der Waals surface area (Å²) in [6.45, 7) is 0.659. The van der Waals surface area contributed by atoms with Gasteiger partial charge in [0, 0.05) is 29.2 Å². The van der Waals surface area contributed by atoms with Gasteiger partial charge in [-0.2, -0.15) is 0 Å². The molecule has 22 heavy (non-hydrogen) atoms. The maximum Gasteiger partial charge on any atom is 0.339 e. The van der Waals surface area contributed by atoms with E-state index in [2.05, 4.69) is 0 Å². The minimum absolute atomic E-state index is 0.0184. The molecule has 0 saturated carbocycles. The van der Waals surface area contributed by atoms with Crippen molar-refractivity contribution in [3.8, 4) is 0 Å². The predicted molar refractivity (Wildman–Crippen MR) is 84.6 cm³/mol. The zero-order valence-electron chi connectivity index (χ0n) is 12.3. The van der Waals surface area contributed by atoms with Crippen LogP contribution in [0.15, 0.2) is 35.1 Å². The van der Waals surface area contributed by atoms with Crippen molar-refractivity contribution >= 4 is 17.6 Å². The van der Waals surface area contributed by atoms with E-state index in [-0.39, 0.29) is 11.5 Å². The molecule has 0 aliphatic carbocycles. The normalized spacial score (nSPS) is 13.0. The number of benzene rings is 1. The van der Waals surface area contributed by atoms with E-state index >= 15 is 0 Å². The van der Waals surface area contributed by atoms with E-state index in [0.717, 1.165) is 24.1 Å². The average molecular weight is 318 g/mol. The maximum atomic E-state index is 12.6. The molecule has 0 unspecified atom stereocenters. The van der Waals surface area contributed by atoms with E-state index in [4.69, 9.17) is 16.3 Å². The molecule has 1 aliphatic heterocycles. The van der Waals surface area contributed by atoms with Crippen LogP contribution in [0.2, 0.25) is 5.02 Å². The minimum atomic E-state index is -0.386. The van der Waals surface area contributed by atoms with Crippen LogP contribution >= 0.6 is 11.6 Å². The van der Waals surface area contributed by atoms with Gasteiger partial charge in [-0.25, -0.2) is 4.79 Å². The van der Waals surface area contributed by atoms with Crippen molar-refractivity contribution in [3.63, 3.8) is 0 Å². The van der Waals surface area contributed by atoms with Gasteiger partial charge in [0.05, 0.1) is 12.7 Å². The van der Waals surface area contributed by atoms with Gasteiger partial charge in [0.1, 0.15) is 0 Å². The van der Waals surface area contributed by atoms with Gasteiger partial charge in [0.25, 0.3) is 5.56 Å². The number of rotatable bonds is 3. The quantitative estimate of drug-likeness (QED) is 0.818. The lowest BCUT2D eigenvalue weighted by molar-refractivity contribution is 0.0598. The summed E-state index contributed by atoms with van der Waals surface area (Å²) in [7, 11) is 1.36. The molecule has 0 fully saturated rings. The largest absolute Gasteiger partial charge is 0.465 e. The van der Waals surface area contributed by atoms with E-state index in [9.17, 15) is 9.59 Å². The third-order valence-electron chi connectivity index (χ3n) is 3.98. The Balaban J connectivity index is 2.06. The van der Waals surface area contributed by atoms with Crippen LogP contribution in [0.5, 0.6) is 0 Å². The average Bonchev–Trinajstić information content (AvgIpc) is 3.01. The first kappa shape index (κ1) is 14.9. The third-order valence-corrected chi connectivity index (χ3v) is 4.24. The summed E-state index contributed by atoms with van der Waals surface area (Å²) in [5.74, 6) is -0.386. The van der Waals surface area contributed by atoms with Gasteiger partial charge in [-0.3, -0.25) is 4.79 Å². The summed E-state index contributed by atoms with van der Waals surface area (Å²) in [6, 6.07) is 9.04. The first-order valence-corrected chi connectivity index (χ1v) is 7.56. The van der Waals surface area contributed by atoms with Crippen LogP contribution in [0.4, 0.5) is 0 Å². The van der Waals surface area contributed by atoms with Crippen LogP contribution in [0.3, 0.4) is 0 Å². The number of pyridine rings is 1. The number of nitrogens with zero attached hydrogens (tertiary/aromatic N) is 1. The molecule has 3 rings (SSSR count). The third kappa shape index (κ3) is 2.66. The molecule has 0 bridgehead atoms. The lowest BCUT2D eigenvalue weighted by Crippen LogP contribution is -2.26. The van der Waals surface area contributed by atoms with Crippen LogP contribution in [-0.2, 0) is 24.1 Å². The maximum absolute atomic E-state index is 12.6. The number of ether oxygens (including phenoxy) is 1. The van der Waals surface area contributed by atoms with Gasteiger partial charge < -0.3 is 9.30 Å². The van der Waals surface area contributed by atoms with E-state index in [1.54, 1.807) is 22.8 Å². The molecule has 2 heterocycles. The van der Waals surface area contributed by atoms with Crippen molar-refractivity contribution in [2.24, 2.45) is 0 Å². The van der Waals surface area contributed by atoms with E-state index in [1.165, 1.54) is 7.11 Å². The summed E-state index contributed by atoms with van der Waals surface area (Å²) in [6.07, 6.45) is 2.09. The monoisotopic (exact) mass is 317 g/mol. The van der Waals surface area contributed by atoms with Gasteiger partial charge in [-0.05, 0) is 36.6 Å². The van der Waals surface area contributed by atoms with Gasteiger partial charge in [0.2, 0.25) is 0 Å². The summed E-state index contributed by atoms with van der Waals surface area (Å²) < 4.78 is 6.56. The Kier molecular flexibility index (Phi) is 4.03. The van der Waals surface area contributed by atoms with Gasteiger partial charge in [0.15, 0.2) is 0 Å². The van der Waals surface area contributed by atoms with Crippen molar-refractivity contribution in [2.45, 2.75) is 25.8 Å². The summed E-state index contributed by atoms with van der Waals surface area (Å²) >= 11 is 5.88. The predicted octanol–water partition coefficient (Wildman–Crippen LogP) is 2.83. The zero-order valence-corrected chi connectivity index (χ0v) is 13.0. The molecule has 0 radical (unpaired) electrons. The Bertz CT molecular complexity index is 778. The second-order valence-electron chi connectivity index (χ2n) is 5.39. The number of carbonyl (C=O) groups excluding carboxylic acids is 1.